The first-order valence-electron chi connectivity index (χ1n) is 6.82. The second-order valence-electron chi connectivity index (χ2n) is 4.52. The van der Waals surface area contributed by atoms with E-state index in [1.54, 1.807) is 11.1 Å². The third-order valence-electron chi connectivity index (χ3n) is 3.35. The van der Waals surface area contributed by atoms with E-state index in [0.717, 1.165) is 29.7 Å². The molecular formula is C15H20N4O. The first-order valence-corrected chi connectivity index (χ1v) is 6.82. The van der Waals surface area contributed by atoms with Gasteiger partial charge < -0.3 is 16.0 Å². The summed E-state index contributed by atoms with van der Waals surface area (Å²) in [7, 11) is 0. The molecule has 0 aliphatic heterocycles. The van der Waals surface area contributed by atoms with Crippen molar-refractivity contribution in [2.75, 3.05) is 30.7 Å². The Bertz CT molecular complexity index is 608. The number of amides is 1. The predicted molar refractivity (Wildman–Crippen MR) is 82.6 cm³/mol. The Balaban J connectivity index is 2.19. The number of nitrogens with zero attached hydrogens (tertiary/aromatic N) is 2. The first kappa shape index (κ1) is 14.1. The Labute approximate surface area is 118 Å². The normalized spacial score (nSPS) is 10.5. The Hall–Kier alpha value is -2.30. The van der Waals surface area contributed by atoms with Crippen LogP contribution in [0.25, 0.3) is 10.9 Å². The summed E-state index contributed by atoms with van der Waals surface area (Å²) in [6.45, 7) is 5.65. The highest BCUT2D eigenvalue weighted by Crippen LogP contribution is 2.25. The van der Waals surface area contributed by atoms with E-state index in [1.807, 2.05) is 38.1 Å². The third-order valence-corrected chi connectivity index (χ3v) is 3.35. The van der Waals surface area contributed by atoms with Gasteiger partial charge in [0.1, 0.15) is 0 Å². The maximum absolute atomic E-state index is 12.0. The van der Waals surface area contributed by atoms with Crippen LogP contribution in [-0.2, 0) is 4.79 Å². The number of hydrogen-bond donors (Lipinski definition) is 2. The fourth-order valence-corrected chi connectivity index (χ4v) is 2.20. The number of pyridine rings is 1. The minimum atomic E-state index is 0.0795. The summed E-state index contributed by atoms with van der Waals surface area (Å²) < 4.78 is 0. The quantitative estimate of drug-likeness (QED) is 0.818. The molecule has 0 saturated heterocycles. The van der Waals surface area contributed by atoms with E-state index < -0.39 is 0 Å². The van der Waals surface area contributed by atoms with Crippen molar-refractivity contribution >= 4 is 28.2 Å². The smallest absolute Gasteiger partial charge is 0.241 e. The van der Waals surface area contributed by atoms with Crippen molar-refractivity contribution in [2.24, 2.45) is 0 Å². The van der Waals surface area contributed by atoms with Gasteiger partial charge in [0.05, 0.1) is 17.7 Å². The molecule has 2 rings (SSSR count). The van der Waals surface area contributed by atoms with Crippen LogP contribution >= 0.6 is 0 Å². The van der Waals surface area contributed by atoms with Crippen molar-refractivity contribution < 1.29 is 4.79 Å². The third kappa shape index (κ3) is 2.82. The van der Waals surface area contributed by atoms with Gasteiger partial charge in [-0.1, -0.05) is 0 Å². The lowest BCUT2D eigenvalue weighted by Gasteiger charge is -2.19. The van der Waals surface area contributed by atoms with E-state index in [-0.39, 0.29) is 12.5 Å². The summed E-state index contributed by atoms with van der Waals surface area (Å²) in [6, 6.07) is 7.47. The molecule has 5 nitrogen and oxygen atoms in total. The molecule has 0 atom stereocenters. The molecule has 0 unspecified atom stereocenters. The van der Waals surface area contributed by atoms with Crippen LogP contribution in [0.15, 0.2) is 30.5 Å². The van der Waals surface area contributed by atoms with Crippen LogP contribution in [-0.4, -0.2) is 35.4 Å². The van der Waals surface area contributed by atoms with Gasteiger partial charge in [-0.2, -0.15) is 0 Å². The lowest BCUT2D eigenvalue weighted by Crippen LogP contribution is -2.35. The van der Waals surface area contributed by atoms with E-state index in [0.29, 0.717) is 5.69 Å². The summed E-state index contributed by atoms with van der Waals surface area (Å²) in [4.78, 5) is 18.1. The van der Waals surface area contributed by atoms with Crippen LogP contribution in [0.4, 0.5) is 11.4 Å². The van der Waals surface area contributed by atoms with Crippen LogP contribution < -0.4 is 11.1 Å². The Kier molecular flexibility index (Phi) is 4.40. The monoisotopic (exact) mass is 272 g/mol. The van der Waals surface area contributed by atoms with E-state index in [4.69, 9.17) is 5.73 Å². The van der Waals surface area contributed by atoms with E-state index in [2.05, 4.69) is 10.3 Å². The number of fused-ring (bicyclic) bond motifs is 1. The highest BCUT2D eigenvalue weighted by molar-refractivity contribution is 5.99. The molecule has 0 aliphatic carbocycles. The van der Waals surface area contributed by atoms with Gasteiger partial charge in [-0.15, -0.1) is 0 Å². The molecule has 0 saturated carbocycles. The lowest BCUT2D eigenvalue weighted by molar-refractivity contribution is -0.128. The maximum Gasteiger partial charge on any atom is 0.241 e. The molecule has 1 aromatic heterocycles. The molecule has 1 aromatic carbocycles. The highest BCUT2D eigenvalue weighted by Gasteiger charge is 2.10. The molecule has 3 N–H and O–H groups in total. The topological polar surface area (TPSA) is 71.2 Å². The minimum absolute atomic E-state index is 0.0795. The van der Waals surface area contributed by atoms with Crippen molar-refractivity contribution in [3.05, 3.63) is 30.5 Å². The Morgan fingerprint density at radius 2 is 2.05 bits per heavy atom. The molecular weight excluding hydrogens is 252 g/mol. The molecule has 0 bridgehead atoms. The molecule has 0 fully saturated rings. The van der Waals surface area contributed by atoms with Crippen LogP contribution in [0, 0.1) is 0 Å². The van der Waals surface area contributed by atoms with Gasteiger partial charge in [0.25, 0.3) is 0 Å². The van der Waals surface area contributed by atoms with Crippen LogP contribution in [0.2, 0.25) is 0 Å². The molecule has 0 aliphatic rings. The molecule has 0 radical (unpaired) electrons. The predicted octanol–water partition coefficient (Wildman–Crippen LogP) is 2.10. The van der Waals surface area contributed by atoms with Gasteiger partial charge >= 0.3 is 0 Å². The number of likely N-dealkylation sites (N-methyl/N-ethyl adjacent to an activating group) is 1. The van der Waals surface area contributed by atoms with E-state index in [1.165, 1.54) is 0 Å². The fourth-order valence-electron chi connectivity index (χ4n) is 2.20. The summed E-state index contributed by atoms with van der Waals surface area (Å²) >= 11 is 0. The lowest BCUT2D eigenvalue weighted by atomic mass is 10.1. The number of nitrogen functional groups attached to an aromatic ring is 1. The van der Waals surface area contributed by atoms with Gasteiger partial charge in [-0.3, -0.25) is 9.78 Å². The number of nitrogens with two attached hydrogens (primary N) is 1. The van der Waals surface area contributed by atoms with Crippen molar-refractivity contribution in [1.29, 1.82) is 0 Å². The van der Waals surface area contributed by atoms with Gasteiger partial charge in [0.2, 0.25) is 5.91 Å². The summed E-state index contributed by atoms with van der Waals surface area (Å²) in [5.41, 5.74) is 8.24. The summed E-state index contributed by atoms with van der Waals surface area (Å²) in [6.07, 6.45) is 1.72. The average Bonchev–Trinajstić information content (AvgIpc) is 2.48. The zero-order chi connectivity index (χ0) is 14.5. The molecule has 0 spiro atoms. The molecule has 1 amide bonds. The first-order chi connectivity index (χ1) is 9.67. The highest BCUT2D eigenvalue weighted by atomic mass is 16.2. The van der Waals surface area contributed by atoms with E-state index >= 15 is 0 Å². The van der Waals surface area contributed by atoms with Gasteiger partial charge in [0.15, 0.2) is 0 Å². The standard InChI is InChI=1S/C15H20N4O/c1-3-19(4-2)14(20)10-18-13-8-7-12(16)11-6-5-9-17-15(11)13/h5-9,18H,3-4,10,16H2,1-2H3. The Morgan fingerprint density at radius 1 is 1.30 bits per heavy atom. The summed E-state index contributed by atoms with van der Waals surface area (Å²) in [5.74, 6) is 0.0795. The van der Waals surface area contributed by atoms with Crippen molar-refractivity contribution in [1.82, 2.24) is 9.88 Å². The largest absolute Gasteiger partial charge is 0.398 e. The zero-order valence-electron chi connectivity index (χ0n) is 11.9. The minimum Gasteiger partial charge on any atom is -0.398 e. The van der Waals surface area contributed by atoms with Crippen LogP contribution in [0.1, 0.15) is 13.8 Å². The Morgan fingerprint density at radius 3 is 2.75 bits per heavy atom. The molecule has 2 aromatic rings. The van der Waals surface area contributed by atoms with Crippen LogP contribution in [0.5, 0.6) is 0 Å². The zero-order valence-corrected chi connectivity index (χ0v) is 11.9. The number of anilines is 2. The van der Waals surface area contributed by atoms with Gasteiger partial charge in [-0.25, -0.2) is 0 Å². The van der Waals surface area contributed by atoms with E-state index in [9.17, 15) is 4.79 Å². The number of benzene rings is 1. The van der Waals surface area contributed by atoms with Crippen molar-refractivity contribution in [2.45, 2.75) is 13.8 Å². The molecule has 5 heteroatoms. The number of hydrogen-bond acceptors (Lipinski definition) is 4. The molecule has 106 valence electrons. The second kappa shape index (κ2) is 6.23. The summed E-state index contributed by atoms with van der Waals surface area (Å²) in [5, 5.41) is 4.05. The van der Waals surface area contributed by atoms with Gasteiger partial charge in [0, 0.05) is 30.4 Å². The SMILES string of the molecule is CCN(CC)C(=O)CNc1ccc(N)c2cccnc12. The number of aromatic nitrogens is 1. The molecule has 1 heterocycles. The average molecular weight is 272 g/mol. The fraction of sp³-hybridized carbons (Fsp3) is 0.333. The van der Waals surface area contributed by atoms with Gasteiger partial charge in [-0.05, 0) is 38.1 Å². The number of rotatable bonds is 5. The van der Waals surface area contributed by atoms with Crippen LogP contribution in [0.3, 0.4) is 0 Å². The number of carbonyl (C=O) groups excluding carboxylic acids is 1. The van der Waals surface area contributed by atoms with Crippen molar-refractivity contribution in [3.8, 4) is 0 Å². The number of carbonyl (C=O) groups is 1. The maximum atomic E-state index is 12.0. The van der Waals surface area contributed by atoms with Crippen molar-refractivity contribution in [3.63, 3.8) is 0 Å². The second-order valence-corrected chi connectivity index (χ2v) is 4.52. The molecule has 20 heavy (non-hydrogen) atoms. The number of nitrogens with one attached hydrogen (secondary N) is 1.